The lowest BCUT2D eigenvalue weighted by Crippen LogP contribution is -2.29. The van der Waals surface area contributed by atoms with E-state index in [1.807, 2.05) is 11.3 Å². The van der Waals surface area contributed by atoms with Gasteiger partial charge in [-0.1, -0.05) is 20.8 Å². The van der Waals surface area contributed by atoms with Crippen molar-refractivity contribution in [2.45, 2.75) is 45.6 Å². The van der Waals surface area contributed by atoms with Gasteiger partial charge in [0.25, 0.3) is 0 Å². The van der Waals surface area contributed by atoms with Gasteiger partial charge in [-0.05, 0) is 31.3 Å². The molecule has 1 atom stereocenters. The van der Waals surface area contributed by atoms with Gasteiger partial charge in [-0.3, -0.25) is 4.90 Å². The molecule has 3 nitrogen and oxygen atoms in total. The summed E-state index contributed by atoms with van der Waals surface area (Å²) in [6, 6.07) is 0. The molecule has 2 fully saturated rings. The SMILES string of the molecule is CC(C)(C)c1nc(CN2CCC3(CCNC3)C2)cs1.Cl. The van der Waals surface area contributed by atoms with E-state index in [1.54, 1.807) is 0 Å². The smallest absolute Gasteiger partial charge is 0.0982 e. The largest absolute Gasteiger partial charge is 0.316 e. The van der Waals surface area contributed by atoms with Gasteiger partial charge in [0.15, 0.2) is 0 Å². The molecule has 1 N–H and O–H groups in total. The quantitative estimate of drug-likeness (QED) is 0.909. The van der Waals surface area contributed by atoms with Crippen molar-refractivity contribution in [2.24, 2.45) is 5.41 Å². The third kappa shape index (κ3) is 3.35. The minimum Gasteiger partial charge on any atom is -0.316 e. The second-order valence-corrected chi connectivity index (χ2v) is 8.14. The third-order valence-electron chi connectivity index (χ3n) is 4.43. The molecule has 0 bridgehead atoms. The van der Waals surface area contributed by atoms with Crippen LogP contribution in [0.2, 0.25) is 0 Å². The molecule has 1 aromatic rings. The fourth-order valence-electron chi connectivity index (χ4n) is 3.26. The average Bonchev–Trinajstić information content (AvgIpc) is 3.01. The zero-order valence-electron chi connectivity index (χ0n) is 12.7. The maximum Gasteiger partial charge on any atom is 0.0982 e. The fraction of sp³-hybridized carbons (Fsp3) is 0.800. The van der Waals surface area contributed by atoms with Crippen LogP contribution < -0.4 is 5.32 Å². The van der Waals surface area contributed by atoms with Gasteiger partial charge < -0.3 is 5.32 Å². The second-order valence-electron chi connectivity index (χ2n) is 7.28. The molecule has 1 unspecified atom stereocenters. The molecule has 0 aromatic carbocycles. The van der Waals surface area contributed by atoms with Crippen LogP contribution in [0.15, 0.2) is 5.38 Å². The van der Waals surface area contributed by atoms with Crippen molar-refractivity contribution >= 4 is 23.7 Å². The Hall–Kier alpha value is -0.160. The molecule has 0 amide bonds. The number of likely N-dealkylation sites (tertiary alicyclic amines) is 1. The van der Waals surface area contributed by atoms with E-state index in [9.17, 15) is 0 Å². The zero-order chi connectivity index (χ0) is 13.5. The topological polar surface area (TPSA) is 28.2 Å². The Morgan fingerprint density at radius 3 is 2.80 bits per heavy atom. The summed E-state index contributed by atoms with van der Waals surface area (Å²) >= 11 is 1.81. The van der Waals surface area contributed by atoms with Crippen LogP contribution in [0, 0.1) is 5.41 Å². The molecule has 3 rings (SSSR count). The first-order valence-corrected chi connectivity index (χ1v) is 8.23. The highest BCUT2D eigenvalue weighted by molar-refractivity contribution is 7.09. The molecule has 2 saturated heterocycles. The van der Waals surface area contributed by atoms with Crippen molar-refractivity contribution in [1.29, 1.82) is 0 Å². The minimum atomic E-state index is 0. The van der Waals surface area contributed by atoms with E-state index in [0.29, 0.717) is 5.41 Å². The van der Waals surface area contributed by atoms with Crippen molar-refractivity contribution in [1.82, 2.24) is 15.2 Å². The van der Waals surface area contributed by atoms with E-state index in [2.05, 4.69) is 36.4 Å². The Morgan fingerprint density at radius 2 is 2.20 bits per heavy atom. The Kier molecular flexibility index (Phi) is 4.80. The van der Waals surface area contributed by atoms with Gasteiger partial charge in [0.05, 0.1) is 10.7 Å². The predicted molar refractivity (Wildman–Crippen MR) is 87.9 cm³/mol. The van der Waals surface area contributed by atoms with Crippen LogP contribution in [0.3, 0.4) is 0 Å². The molecular formula is C15H26ClN3S. The van der Waals surface area contributed by atoms with Gasteiger partial charge in [0.1, 0.15) is 0 Å². The number of halogens is 1. The van der Waals surface area contributed by atoms with Crippen LogP contribution in [0.4, 0.5) is 0 Å². The number of thiazole rings is 1. The van der Waals surface area contributed by atoms with Gasteiger partial charge >= 0.3 is 0 Å². The first-order chi connectivity index (χ1) is 8.97. The van der Waals surface area contributed by atoms with Crippen molar-refractivity contribution < 1.29 is 0 Å². The van der Waals surface area contributed by atoms with Crippen LogP contribution in [0.25, 0.3) is 0 Å². The van der Waals surface area contributed by atoms with E-state index < -0.39 is 0 Å². The lowest BCUT2D eigenvalue weighted by atomic mass is 9.87. The minimum absolute atomic E-state index is 0. The van der Waals surface area contributed by atoms with Crippen LogP contribution in [-0.4, -0.2) is 36.1 Å². The van der Waals surface area contributed by atoms with Crippen molar-refractivity contribution in [3.8, 4) is 0 Å². The number of hydrogen-bond donors (Lipinski definition) is 1. The highest BCUT2D eigenvalue weighted by Gasteiger charge is 2.40. The lowest BCUT2D eigenvalue weighted by Gasteiger charge is -2.22. The molecule has 3 heterocycles. The van der Waals surface area contributed by atoms with Crippen molar-refractivity contribution in [3.05, 3.63) is 16.1 Å². The first kappa shape index (κ1) is 16.2. The molecule has 1 aromatic heterocycles. The Labute approximate surface area is 132 Å². The summed E-state index contributed by atoms with van der Waals surface area (Å²) in [5.74, 6) is 0. The molecule has 1 spiro atoms. The number of nitrogens with zero attached hydrogens (tertiary/aromatic N) is 2. The van der Waals surface area contributed by atoms with Gasteiger partial charge in [0.2, 0.25) is 0 Å². The van der Waals surface area contributed by atoms with Crippen LogP contribution in [0.1, 0.15) is 44.3 Å². The number of aromatic nitrogens is 1. The van der Waals surface area contributed by atoms with E-state index >= 15 is 0 Å². The van der Waals surface area contributed by atoms with Gasteiger partial charge in [-0.2, -0.15) is 0 Å². The molecule has 2 aliphatic heterocycles. The molecule has 114 valence electrons. The second kappa shape index (κ2) is 5.91. The fourth-order valence-corrected chi connectivity index (χ4v) is 4.16. The maximum atomic E-state index is 4.82. The summed E-state index contributed by atoms with van der Waals surface area (Å²) in [6.45, 7) is 12.7. The number of rotatable bonds is 2. The molecule has 2 aliphatic rings. The van der Waals surface area contributed by atoms with Crippen molar-refractivity contribution in [3.63, 3.8) is 0 Å². The normalized spacial score (nSPS) is 27.1. The first-order valence-electron chi connectivity index (χ1n) is 7.35. The molecule has 0 aliphatic carbocycles. The van der Waals surface area contributed by atoms with E-state index in [1.165, 1.54) is 49.7 Å². The van der Waals surface area contributed by atoms with Crippen LogP contribution >= 0.6 is 23.7 Å². The highest BCUT2D eigenvalue weighted by Crippen LogP contribution is 2.36. The standard InChI is InChI=1S/C15H25N3S.ClH/c1-14(2,3)13-17-12(9-19-13)8-18-7-5-15(11-18)4-6-16-10-15;/h9,16H,4-8,10-11H2,1-3H3;1H. The zero-order valence-corrected chi connectivity index (χ0v) is 14.4. The summed E-state index contributed by atoms with van der Waals surface area (Å²) in [7, 11) is 0. The van der Waals surface area contributed by atoms with E-state index in [4.69, 9.17) is 4.98 Å². The predicted octanol–water partition coefficient (Wildman–Crippen LogP) is 3.05. The maximum absolute atomic E-state index is 4.82. The van der Waals surface area contributed by atoms with E-state index in [0.717, 1.165) is 6.54 Å². The summed E-state index contributed by atoms with van der Waals surface area (Å²) < 4.78 is 0. The van der Waals surface area contributed by atoms with Gasteiger partial charge in [0, 0.05) is 30.4 Å². The van der Waals surface area contributed by atoms with Gasteiger partial charge in [-0.15, -0.1) is 23.7 Å². The monoisotopic (exact) mass is 315 g/mol. The summed E-state index contributed by atoms with van der Waals surface area (Å²) in [6.07, 6.45) is 2.71. The third-order valence-corrected chi connectivity index (χ3v) is 5.75. The highest BCUT2D eigenvalue weighted by atomic mass is 35.5. The molecular weight excluding hydrogens is 290 g/mol. The number of hydrogen-bond acceptors (Lipinski definition) is 4. The molecule has 0 radical (unpaired) electrons. The van der Waals surface area contributed by atoms with Crippen LogP contribution in [0.5, 0.6) is 0 Å². The number of nitrogens with one attached hydrogen (secondary N) is 1. The summed E-state index contributed by atoms with van der Waals surface area (Å²) in [5, 5.41) is 7.03. The Morgan fingerprint density at radius 1 is 1.40 bits per heavy atom. The van der Waals surface area contributed by atoms with Crippen molar-refractivity contribution in [2.75, 3.05) is 26.2 Å². The van der Waals surface area contributed by atoms with E-state index in [-0.39, 0.29) is 17.8 Å². The lowest BCUT2D eigenvalue weighted by molar-refractivity contribution is 0.266. The molecule has 0 saturated carbocycles. The van der Waals surface area contributed by atoms with Gasteiger partial charge in [-0.25, -0.2) is 4.98 Å². The molecule has 5 heteroatoms. The Balaban J connectivity index is 0.00000147. The average molecular weight is 316 g/mol. The summed E-state index contributed by atoms with van der Waals surface area (Å²) in [5.41, 5.74) is 2.02. The van der Waals surface area contributed by atoms with Crippen LogP contribution in [-0.2, 0) is 12.0 Å². The summed E-state index contributed by atoms with van der Waals surface area (Å²) in [4.78, 5) is 7.41. The molecule has 20 heavy (non-hydrogen) atoms. The Bertz CT molecular complexity index is 446.